The second kappa shape index (κ2) is 8.09. The van der Waals surface area contributed by atoms with Gasteiger partial charge in [-0.3, -0.25) is 9.69 Å². The number of piperazine rings is 1. The highest BCUT2D eigenvalue weighted by molar-refractivity contribution is 5.95. The molecule has 0 spiro atoms. The molecule has 1 saturated heterocycles. The summed E-state index contributed by atoms with van der Waals surface area (Å²) in [7, 11) is 3.20. The normalized spacial score (nSPS) is 24.8. The Kier molecular flexibility index (Phi) is 5.84. The SMILES string of the molecule is COc1ccc(C(=O)N2CCN([C@@H]3CCC[C@@H](C)C3)CC2)cc1OC. The summed E-state index contributed by atoms with van der Waals surface area (Å²) in [4.78, 5) is 17.4. The second-order valence-electron chi connectivity index (χ2n) is 7.32. The van der Waals surface area contributed by atoms with E-state index in [2.05, 4.69) is 11.8 Å². The summed E-state index contributed by atoms with van der Waals surface area (Å²) in [5.74, 6) is 2.17. The van der Waals surface area contributed by atoms with Gasteiger partial charge in [0.1, 0.15) is 0 Å². The molecule has 2 atom stereocenters. The highest BCUT2D eigenvalue weighted by atomic mass is 16.5. The largest absolute Gasteiger partial charge is 0.493 e. The predicted octanol–water partition coefficient (Wildman–Crippen LogP) is 3.04. The van der Waals surface area contributed by atoms with Crippen molar-refractivity contribution in [2.24, 2.45) is 5.92 Å². The molecule has 5 heteroatoms. The van der Waals surface area contributed by atoms with E-state index in [0.29, 0.717) is 23.1 Å². The molecule has 1 aliphatic carbocycles. The van der Waals surface area contributed by atoms with Crippen LogP contribution in [-0.4, -0.2) is 62.1 Å². The summed E-state index contributed by atoms with van der Waals surface area (Å²) in [6, 6.07) is 6.10. The number of amides is 1. The van der Waals surface area contributed by atoms with Crippen LogP contribution in [-0.2, 0) is 0 Å². The molecule has 1 aromatic carbocycles. The fourth-order valence-electron chi connectivity index (χ4n) is 4.18. The lowest BCUT2D eigenvalue weighted by Crippen LogP contribution is -2.52. The van der Waals surface area contributed by atoms with Crippen LogP contribution < -0.4 is 9.47 Å². The fourth-order valence-corrected chi connectivity index (χ4v) is 4.18. The van der Waals surface area contributed by atoms with Crippen LogP contribution in [0.15, 0.2) is 18.2 Å². The summed E-state index contributed by atoms with van der Waals surface area (Å²) < 4.78 is 10.6. The topological polar surface area (TPSA) is 42.0 Å². The Labute approximate surface area is 150 Å². The van der Waals surface area contributed by atoms with Gasteiger partial charge in [-0.25, -0.2) is 0 Å². The molecule has 0 bridgehead atoms. The molecule has 0 radical (unpaired) electrons. The average molecular weight is 346 g/mol. The minimum absolute atomic E-state index is 0.0811. The predicted molar refractivity (Wildman–Crippen MR) is 98.4 cm³/mol. The first kappa shape index (κ1) is 18.1. The maximum atomic E-state index is 12.8. The molecule has 25 heavy (non-hydrogen) atoms. The number of carbonyl (C=O) groups excluding carboxylic acids is 1. The number of nitrogens with zero attached hydrogens (tertiary/aromatic N) is 2. The van der Waals surface area contributed by atoms with E-state index in [1.165, 1.54) is 25.7 Å². The van der Waals surface area contributed by atoms with Crippen molar-refractivity contribution in [1.29, 1.82) is 0 Å². The quantitative estimate of drug-likeness (QED) is 0.840. The lowest BCUT2D eigenvalue weighted by Gasteiger charge is -2.42. The van der Waals surface area contributed by atoms with E-state index in [9.17, 15) is 4.79 Å². The van der Waals surface area contributed by atoms with Gasteiger partial charge in [0.2, 0.25) is 0 Å². The van der Waals surface area contributed by atoms with Crippen molar-refractivity contribution in [3.63, 3.8) is 0 Å². The summed E-state index contributed by atoms with van der Waals surface area (Å²) >= 11 is 0. The van der Waals surface area contributed by atoms with E-state index in [1.807, 2.05) is 11.0 Å². The van der Waals surface area contributed by atoms with Gasteiger partial charge >= 0.3 is 0 Å². The molecule has 1 aliphatic heterocycles. The average Bonchev–Trinajstić information content (AvgIpc) is 2.67. The van der Waals surface area contributed by atoms with Crippen molar-refractivity contribution in [3.8, 4) is 11.5 Å². The third-order valence-corrected chi connectivity index (χ3v) is 5.66. The van der Waals surface area contributed by atoms with Crippen molar-refractivity contribution in [2.45, 2.75) is 38.6 Å². The van der Waals surface area contributed by atoms with E-state index >= 15 is 0 Å². The maximum absolute atomic E-state index is 12.8. The molecular formula is C20H30N2O3. The van der Waals surface area contributed by atoms with Crippen LogP contribution in [0.3, 0.4) is 0 Å². The molecule has 0 unspecified atom stereocenters. The van der Waals surface area contributed by atoms with E-state index in [1.54, 1.807) is 26.4 Å². The minimum atomic E-state index is 0.0811. The van der Waals surface area contributed by atoms with E-state index in [0.717, 1.165) is 32.1 Å². The van der Waals surface area contributed by atoms with Crippen LogP contribution >= 0.6 is 0 Å². The molecule has 3 rings (SSSR count). The Morgan fingerprint density at radius 1 is 1.04 bits per heavy atom. The fraction of sp³-hybridized carbons (Fsp3) is 0.650. The van der Waals surface area contributed by atoms with Crippen LogP contribution in [0.1, 0.15) is 43.0 Å². The zero-order valence-electron chi connectivity index (χ0n) is 15.7. The van der Waals surface area contributed by atoms with E-state index < -0.39 is 0 Å². The van der Waals surface area contributed by atoms with Crippen LogP contribution in [0.25, 0.3) is 0 Å². The first-order valence-electron chi connectivity index (χ1n) is 9.37. The van der Waals surface area contributed by atoms with Crippen molar-refractivity contribution in [1.82, 2.24) is 9.80 Å². The van der Waals surface area contributed by atoms with Crippen LogP contribution in [0.5, 0.6) is 11.5 Å². The smallest absolute Gasteiger partial charge is 0.254 e. The summed E-state index contributed by atoms with van der Waals surface area (Å²) in [6.45, 7) is 5.94. The van der Waals surface area contributed by atoms with Gasteiger partial charge in [0.05, 0.1) is 14.2 Å². The third-order valence-electron chi connectivity index (χ3n) is 5.66. The standard InChI is InChI=1S/C20H30N2O3/c1-15-5-4-6-17(13-15)21-9-11-22(12-10-21)20(23)16-7-8-18(24-2)19(14-16)25-3/h7-8,14-15,17H,4-6,9-13H2,1-3H3/t15-,17-/m1/s1. The minimum Gasteiger partial charge on any atom is -0.493 e. The van der Waals surface area contributed by atoms with Crippen LogP contribution in [0, 0.1) is 5.92 Å². The number of rotatable bonds is 4. The van der Waals surface area contributed by atoms with E-state index in [4.69, 9.17) is 9.47 Å². The summed E-state index contributed by atoms with van der Waals surface area (Å²) in [6.07, 6.45) is 5.34. The van der Waals surface area contributed by atoms with Crippen LogP contribution in [0.2, 0.25) is 0 Å². The lowest BCUT2D eigenvalue weighted by atomic mass is 9.86. The summed E-state index contributed by atoms with van der Waals surface area (Å²) in [5, 5.41) is 0. The summed E-state index contributed by atoms with van der Waals surface area (Å²) in [5.41, 5.74) is 0.664. The van der Waals surface area contributed by atoms with Crippen LogP contribution in [0.4, 0.5) is 0 Å². The highest BCUT2D eigenvalue weighted by Gasteiger charge is 2.29. The van der Waals surface area contributed by atoms with Gasteiger partial charge in [-0.15, -0.1) is 0 Å². The first-order chi connectivity index (χ1) is 12.1. The highest BCUT2D eigenvalue weighted by Crippen LogP contribution is 2.29. The van der Waals surface area contributed by atoms with Crippen molar-refractivity contribution in [2.75, 3.05) is 40.4 Å². The number of hydrogen-bond donors (Lipinski definition) is 0. The molecule has 5 nitrogen and oxygen atoms in total. The van der Waals surface area contributed by atoms with Crippen molar-refractivity contribution in [3.05, 3.63) is 23.8 Å². The molecule has 1 aromatic rings. The Balaban J connectivity index is 1.60. The number of benzene rings is 1. The van der Waals surface area contributed by atoms with Gasteiger partial charge in [-0.05, 0) is 37.0 Å². The molecule has 0 aromatic heterocycles. The molecule has 2 fully saturated rings. The zero-order chi connectivity index (χ0) is 17.8. The van der Waals surface area contributed by atoms with E-state index in [-0.39, 0.29) is 5.91 Å². The molecule has 1 saturated carbocycles. The second-order valence-corrected chi connectivity index (χ2v) is 7.32. The van der Waals surface area contributed by atoms with Gasteiger partial charge in [0.15, 0.2) is 11.5 Å². The Morgan fingerprint density at radius 2 is 1.76 bits per heavy atom. The van der Waals surface area contributed by atoms with Gasteiger partial charge in [0.25, 0.3) is 5.91 Å². The molecule has 138 valence electrons. The monoisotopic (exact) mass is 346 g/mol. The van der Waals surface area contributed by atoms with Gasteiger partial charge in [0, 0.05) is 37.8 Å². The Bertz CT molecular complexity index is 597. The van der Waals surface area contributed by atoms with Gasteiger partial charge in [-0.2, -0.15) is 0 Å². The Morgan fingerprint density at radius 3 is 2.40 bits per heavy atom. The third kappa shape index (κ3) is 4.09. The number of carbonyl (C=O) groups is 1. The zero-order valence-corrected chi connectivity index (χ0v) is 15.7. The number of hydrogen-bond acceptors (Lipinski definition) is 4. The van der Waals surface area contributed by atoms with Gasteiger partial charge < -0.3 is 14.4 Å². The molecule has 1 amide bonds. The number of ether oxygens (including phenoxy) is 2. The molecule has 0 N–H and O–H groups in total. The van der Waals surface area contributed by atoms with Crippen molar-refractivity contribution >= 4 is 5.91 Å². The molecular weight excluding hydrogens is 316 g/mol. The molecule has 2 aliphatic rings. The number of methoxy groups -OCH3 is 2. The maximum Gasteiger partial charge on any atom is 0.254 e. The molecule has 1 heterocycles. The first-order valence-corrected chi connectivity index (χ1v) is 9.37. The van der Waals surface area contributed by atoms with Gasteiger partial charge in [-0.1, -0.05) is 19.8 Å². The Hall–Kier alpha value is -1.75. The van der Waals surface area contributed by atoms with Crippen molar-refractivity contribution < 1.29 is 14.3 Å². The lowest BCUT2D eigenvalue weighted by molar-refractivity contribution is 0.0488.